The molecule has 24 heavy (non-hydrogen) atoms. The zero-order valence-electron chi connectivity index (χ0n) is 12.2. The molecule has 0 spiro atoms. The number of rotatable bonds is 4. The fraction of sp³-hybridized carbons (Fsp3) is 0.273. The molecule has 0 aliphatic heterocycles. The average molecular weight is 402 g/mol. The fourth-order valence-corrected chi connectivity index (χ4v) is 3.01. The lowest BCUT2D eigenvalue weighted by Crippen LogP contribution is -2.37. The minimum absolute atomic E-state index is 0.105. The van der Waals surface area contributed by atoms with E-state index >= 15 is 0 Å². The third-order valence-electron chi connectivity index (χ3n) is 3.02. The molecule has 0 unspecified atom stereocenters. The van der Waals surface area contributed by atoms with Crippen LogP contribution in [0.4, 0.5) is 14.5 Å². The Bertz CT molecular complexity index is 957. The van der Waals surface area contributed by atoms with Crippen LogP contribution in [-0.2, 0) is 10.0 Å². The van der Waals surface area contributed by atoms with Gasteiger partial charge in [-0.05, 0) is 19.1 Å². The SMILES string of the molecule is Cc1nn(-c2cc(N(N)S(C)(=O)=O)c(Cl)cc2Cl)c(=O)n1C(F)F. The van der Waals surface area contributed by atoms with Crippen LogP contribution in [0.3, 0.4) is 0 Å². The number of aryl methyl sites for hydroxylation is 1. The van der Waals surface area contributed by atoms with Crippen LogP contribution in [0, 0.1) is 6.92 Å². The molecule has 0 atom stereocenters. The second kappa shape index (κ2) is 6.31. The summed E-state index contributed by atoms with van der Waals surface area (Å²) in [6.45, 7) is -1.89. The van der Waals surface area contributed by atoms with Crippen LogP contribution in [0.25, 0.3) is 5.69 Å². The molecule has 2 N–H and O–H groups in total. The molecule has 1 aromatic carbocycles. The van der Waals surface area contributed by atoms with Gasteiger partial charge in [-0.15, -0.1) is 5.10 Å². The number of hydrogen-bond donors (Lipinski definition) is 1. The van der Waals surface area contributed by atoms with Gasteiger partial charge >= 0.3 is 12.2 Å². The van der Waals surface area contributed by atoms with Gasteiger partial charge in [0.25, 0.3) is 0 Å². The summed E-state index contributed by atoms with van der Waals surface area (Å²) in [4.78, 5) is 12.1. The van der Waals surface area contributed by atoms with Gasteiger partial charge in [0.1, 0.15) is 5.82 Å². The normalized spacial score (nSPS) is 12.0. The molecule has 13 heteroatoms. The van der Waals surface area contributed by atoms with Crippen molar-refractivity contribution >= 4 is 38.9 Å². The van der Waals surface area contributed by atoms with Crippen LogP contribution in [-0.4, -0.2) is 29.0 Å². The van der Waals surface area contributed by atoms with Crippen LogP contribution in [0.15, 0.2) is 16.9 Å². The third kappa shape index (κ3) is 3.24. The summed E-state index contributed by atoms with van der Waals surface area (Å²) in [7, 11) is -3.87. The fourth-order valence-electron chi connectivity index (χ4n) is 1.89. The summed E-state index contributed by atoms with van der Waals surface area (Å²) in [5.74, 6) is 5.22. The minimum atomic E-state index is -3.87. The van der Waals surface area contributed by atoms with Crippen molar-refractivity contribution in [1.82, 2.24) is 14.3 Å². The first kappa shape index (κ1) is 18.6. The topological polar surface area (TPSA) is 103 Å². The number of nitrogens with two attached hydrogens (primary N) is 1. The molecule has 0 aliphatic rings. The van der Waals surface area contributed by atoms with E-state index in [0.717, 1.165) is 18.4 Å². The Labute approximate surface area is 145 Å². The first-order valence-corrected chi connectivity index (χ1v) is 8.76. The Hall–Kier alpha value is -1.69. The largest absolute Gasteiger partial charge is 0.355 e. The quantitative estimate of drug-likeness (QED) is 0.619. The molecule has 0 saturated carbocycles. The van der Waals surface area contributed by atoms with E-state index in [1.54, 1.807) is 0 Å². The molecule has 0 fully saturated rings. The van der Waals surface area contributed by atoms with Gasteiger partial charge in [-0.1, -0.05) is 23.2 Å². The maximum Gasteiger partial charge on any atom is 0.355 e. The summed E-state index contributed by atoms with van der Waals surface area (Å²) in [6, 6.07) is 2.19. The predicted molar refractivity (Wildman–Crippen MR) is 85.3 cm³/mol. The Balaban J connectivity index is 2.74. The Morgan fingerprint density at radius 3 is 2.33 bits per heavy atom. The third-order valence-corrected chi connectivity index (χ3v) is 4.53. The van der Waals surface area contributed by atoms with Crippen molar-refractivity contribution in [3.63, 3.8) is 0 Å². The van der Waals surface area contributed by atoms with Crippen LogP contribution in [0.5, 0.6) is 0 Å². The zero-order valence-corrected chi connectivity index (χ0v) is 14.6. The highest BCUT2D eigenvalue weighted by Crippen LogP contribution is 2.33. The van der Waals surface area contributed by atoms with Crippen LogP contribution < -0.4 is 15.9 Å². The smallest absolute Gasteiger partial charge is 0.245 e. The number of hydrazine groups is 1. The van der Waals surface area contributed by atoms with E-state index in [1.165, 1.54) is 6.92 Å². The zero-order chi connectivity index (χ0) is 18.4. The van der Waals surface area contributed by atoms with Crippen LogP contribution in [0.1, 0.15) is 12.4 Å². The summed E-state index contributed by atoms with van der Waals surface area (Å²) >= 11 is 11.9. The first-order chi connectivity index (χ1) is 10.9. The average Bonchev–Trinajstić information content (AvgIpc) is 2.72. The van der Waals surface area contributed by atoms with E-state index in [0.29, 0.717) is 9.10 Å². The van der Waals surface area contributed by atoms with Gasteiger partial charge in [0.2, 0.25) is 10.0 Å². The van der Waals surface area contributed by atoms with Gasteiger partial charge in [-0.25, -0.2) is 28.0 Å². The molecule has 0 amide bonds. The van der Waals surface area contributed by atoms with Crippen LogP contribution >= 0.6 is 23.2 Å². The molecule has 0 saturated heterocycles. The second-order valence-corrected chi connectivity index (χ2v) is 7.38. The van der Waals surface area contributed by atoms with Crippen molar-refractivity contribution in [2.45, 2.75) is 13.5 Å². The van der Waals surface area contributed by atoms with E-state index in [-0.39, 0.29) is 31.8 Å². The first-order valence-electron chi connectivity index (χ1n) is 6.16. The lowest BCUT2D eigenvalue weighted by Gasteiger charge is -2.18. The summed E-state index contributed by atoms with van der Waals surface area (Å²) in [5.41, 5.74) is -1.50. The van der Waals surface area contributed by atoms with Gasteiger partial charge in [0.15, 0.2) is 0 Å². The van der Waals surface area contributed by atoms with Crippen molar-refractivity contribution in [3.05, 3.63) is 38.5 Å². The Morgan fingerprint density at radius 1 is 1.29 bits per heavy atom. The molecule has 1 aromatic heterocycles. The van der Waals surface area contributed by atoms with E-state index in [1.807, 2.05) is 0 Å². The van der Waals surface area contributed by atoms with Gasteiger partial charge in [0, 0.05) is 0 Å². The summed E-state index contributed by atoms with van der Waals surface area (Å²) < 4.78 is 50.0. The van der Waals surface area contributed by atoms with Gasteiger partial charge < -0.3 is 0 Å². The van der Waals surface area contributed by atoms with Gasteiger partial charge in [-0.2, -0.15) is 13.5 Å². The van der Waals surface area contributed by atoms with Crippen LogP contribution in [0.2, 0.25) is 10.0 Å². The molecular weight excluding hydrogens is 391 g/mol. The number of nitrogens with zero attached hydrogens (tertiary/aromatic N) is 4. The number of halogens is 4. The molecule has 0 radical (unpaired) electrons. The van der Waals surface area contributed by atoms with Gasteiger partial charge in [0.05, 0.1) is 27.7 Å². The molecular formula is C11H11Cl2F2N5O3S. The number of aromatic nitrogens is 3. The lowest BCUT2D eigenvalue weighted by atomic mass is 10.3. The van der Waals surface area contributed by atoms with E-state index in [2.05, 4.69) is 5.10 Å². The summed E-state index contributed by atoms with van der Waals surface area (Å²) in [5, 5.41) is 3.48. The maximum atomic E-state index is 12.9. The molecule has 8 nitrogen and oxygen atoms in total. The molecule has 0 bridgehead atoms. The molecule has 1 heterocycles. The highest BCUT2D eigenvalue weighted by atomic mass is 35.5. The summed E-state index contributed by atoms with van der Waals surface area (Å²) in [6.07, 6.45) is 0.833. The monoisotopic (exact) mass is 401 g/mol. The molecule has 132 valence electrons. The van der Waals surface area contributed by atoms with Crippen molar-refractivity contribution in [2.75, 3.05) is 10.7 Å². The van der Waals surface area contributed by atoms with E-state index < -0.39 is 22.3 Å². The number of hydrogen-bond acceptors (Lipinski definition) is 5. The molecule has 2 aromatic rings. The number of anilines is 1. The highest BCUT2D eigenvalue weighted by Gasteiger charge is 2.23. The van der Waals surface area contributed by atoms with E-state index in [4.69, 9.17) is 29.0 Å². The molecule has 2 rings (SSSR count). The Morgan fingerprint density at radius 2 is 1.88 bits per heavy atom. The minimum Gasteiger partial charge on any atom is -0.245 e. The van der Waals surface area contributed by atoms with E-state index in [9.17, 15) is 22.0 Å². The number of alkyl halides is 2. The lowest BCUT2D eigenvalue weighted by molar-refractivity contribution is 0.0640. The van der Waals surface area contributed by atoms with Gasteiger partial charge in [-0.3, -0.25) is 0 Å². The standard InChI is InChI=1S/C11H11Cl2F2N5O3S/c1-5-17-19(11(21)18(5)10(14)15)8-4-9(7(13)3-6(8)12)20(16)24(2,22)23/h3-4,10H,16H2,1-2H3. The Kier molecular flexibility index (Phi) is 4.91. The molecule has 0 aliphatic carbocycles. The van der Waals surface area contributed by atoms with Crippen molar-refractivity contribution in [1.29, 1.82) is 0 Å². The predicted octanol–water partition coefficient (Wildman–Crippen LogP) is 1.68. The second-order valence-electron chi connectivity index (χ2n) is 4.70. The van der Waals surface area contributed by atoms with Crippen molar-refractivity contribution < 1.29 is 17.2 Å². The number of benzene rings is 1. The van der Waals surface area contributed by atoms with Crippen molar-refractivity contribution in [3.8, 4) is 5.69 Å². The number of sulfonamides is 1. The van der Waals surface area contributed by atoms with Crippen molar-refractivity contribution in [2.24, 2.45) is 5.84 Å². The highest BCUT2D eigenvalue weighted by molar-refractivity contribution is 7.92. The maximum absolute atomic E-state index is 12.9.